The maximum atomic E-state index is 5.61. The number of nitrogens with zero attached hydrogens (tertiary/aromatic N) is 1. The molecule has 2 aromatic rings. The number of hydrogen-bond donors (Lipinski definition) is 2. The summed E-state index contributed by atoms with van der Waals surface area (Å²) in [5, 5.41) is 0. The number of H-pyrrole nitrogens is 1. The fraction of sp³-hybridized carbons (Fsp3) is 0.300. The average molecular weight is 175 g/mol. The van der Waals surface area contributed by atoms with Crippen LogP contribution in [0.1, 0.15) is 18.4 Å². The first kappa shape index (κ1) is 8.26. The molecule has 3 N–H and O–H groups in total. The largest absolute Gasteiger partial charge is 0.360 e. The van der Waals surface area contributed by atoms with E-state index in [4.69, 9.17) is 5.73 Å². The highest BCUT2D eigenvalue weighted by Crippen LogP contribution is 2.22. The van der Waals surface area contributed by atoms with Crippen LogP contribution in [0.15, 0.2) is 24.5 Å². The van der Waals surface area contributed by atoms with Crippen molar-refractivity contribution in [3.63, 3.8) is 0 Å². The lowest BCUT2D eigenvalue weighted by molar-refractivity contribution is 0.779. The SMILES string of the molecule is CC(CN)c1c[nH]c2cccnc12. The standard InChI is InChI=1S/C10H13N3/c1-7(5-11)8-6-13-9-3-2-4-12-10(8)9/h2-4,6-7,13H,5,11H2,1H3. The first-order valence-corrected chi connectivity index (χ1v) is 4.45. The Bertz CT molecular complexity index is 405. The molecular formula is C10H13N3. The van der Waals surface area contributed by atoms with Gasteiger partial charge in [-0.3, -0.25) is 4.98 Å². The summed E-state index contributed by atoms with van der Waals surface area (Å²) in [6, 6.07) is 3.95. The highest BCUT2D eigenvalue weighted by atomic mass is 14.8. The molecular weight excluding hydrogens is 162 g/mol. The minimum absolute atomic E-state index is 0.364. The molecule has 1 atom stereocenters. The Labute approximate surface area is 77.0 Å². The van der Waals surface area contributed by atoms with Crippen molar-refractivity contribution in [2.45, 2.75) is 12.8 Å². The zero-order valence-electron chi connectivity index (χ0n) is 7.62. The third-order valence-electron chi connectivity index (χ3n) is 2.35. The highest BCUT2D eigenvalue weighted by molar-refractivity contribution is 5.79. The average Bonchev–Trinajstić information content (AvgIpc) is 2.60. The van der Waals surface area contributed by atoms with Gasteiger partial charge in [0.25, 0.3) is 0 Å². The molecule has 68 valence electrons. The number of fused-ring (bicyclic) bond motifs is 1. The first-order valence-electron chi connectivity index (χ1n) is 4.45. The lowest BCUT2D eigenvalue weighted by Crippen LogP contribution is -2.08. The van der Waals surface area contributed by atoms with E-state index in [-0.39, 0.29) is 0 Å². The maximum absolute atomic E-state index is 5.61. The molecule has 13 heavy (non-hydrogen) atoms. The van der Waals surface area contributed by atoms with E-state index in [0.29, 0.717) is 12.5 Å². The summed E-state index contributed by atoms with van der Waals surface area (Å²) in [6.45, 7) is 2.76. The number of nitrogens with one attached hydrogen (secondary N) is 1. The molecule has 0 aliphatic heterocycles. The number of nitrogens with two attached hydrogens (primary N) is 1. The van der Waals surface area contributed by atoms with Crippen molar-refractivity contribution in [1.82, 2.24) is 9.97 Å². The van der Waals surface area contributed by atoms with Crippen molar-refractivity contribution in [2.75, 3.05) is 6.54 Å². The van der Waals surface area contributed by atoms with Crippen LogP contribution in [0, 0.1) is 0 Å². The van der Waals surface area contributed by atoms with Gasteiger partial charge < -0.3 is 10.7 Å². The minimum atomic E-state index is 0.364. The van der Waals surface area contributed by atoms with Crippen LogP contribution < -0.4 is 5.73 Å². The molecule has 1 unspecified atom stereocenters. The number of aromatic nitrogens is 2. The Morgan fingerprint density at radius 2 is 2.46 bits per heavy atom. The van der Waals surface area contributed by atoms with E-state index in [2.05, 4.69) is 16.9 Å². The van der Waals surface area contributed by atoms with E-state index in [1.54, 1.807) is 0 Å². The van der Waals surface area contributed by atoms with Gasteiger partial charge in [-0.25, -0.2) is 0 Å². The van der Waals surface area contributed by atoms with Gasteiger partial charge in [0, 0.05) is 12.4 Å². The van der Waals surface area contributed by atoms with Crippen LogP contribution in [0.4, 0.5) is 0 Å². The van der Waals surface area contributed by atoms with Gasteiger partial charge in [-0.15, -0.1) is 0 Å². The second-order valence-corrected chi connectivity index (χ2v) is 3.28. The van der Waals surface area contributed by atoms with Crippen molar-refractivity contribution in [3.05, 3.63) is 30.1 Å². The molecule has 0 bridgehead atoms. The topological polar surface area (TPSA) is 54.7 Å². The molecule has 0 radical (unpaired) electrons. The van der Waals surface area contributed by atoms with Crippen molar-refractivity contribution in [3.8, 4) is 0 Å². The Morgan fingerprint density at radius 3 is 3.23 bits per heavy atom. The molecule has 0 aromatic carbocycles. The third kappa shape index (κ3) is 1.31. The summed E-state index contributed by atoms with van der Waals surface area (Å²) < 4.78 is 0. The summed E-state index contributed by atoms with van der Waals surface area (Å²) in [4.78, 5) is 7.51. The van der Waals surface area contributed by atoms with E-state index in [0.717, 1.165) is 11.0 Å². The summed E-state index contributed by atoms with van der Waals surface area (Å²) in [7, 11) is 0. The molecule has 3 heteroatoms. The molecule has 3 nitrogen and oxygen atoms in total. The summed E-state index contributed by atoms with van der Waals surface area (Å²) in [5.74, 6) is 0.364. The molecule has 0 aliphatic carbocycles. The predicted octanol–water partition coefficient (Wildman–Crippen LogP) is 1.63. The van der Waals surface area contributed by atoms with Gasteiger partial charge in [0.05, 0.1) is 11.0 Å². The highest BCUT2D eigenvalue weighted by Gasteiger charge is 2.09. The zero-order chi connectivity index (χ0) is 9.26. The van der Waals surface area contributed by atoms with Gasteiger partial charge in [-0.1, -0.05) is 6.92 Å². The van der Waals surface area contributed by atoms with E-state index < -0.39 is 0 Å². The van der Waals surface area contributed by atoms with Crippen molar-refractivity contribution in [1.29, 1.82) is 0 Å². The quantitative estimate of drug-likeness (QED) is 0.728. The van der Waals surface area contributed by atoms with Gasteiger partial charge >= 0.3 is 0 Å². The van der Waals surface area contributed by atoms with Crippen LogP contribution in [0.25, 0.3) is 11.0 Å². The Kier molecular flexibility index (Phi) is 2.02. The molecule has 2 rings (SSSR count). The van der Waals surface area contributed by atoms with Crippen LogP contribution in [-0.4, -0.2) is 16.5 Å². The molecule has 0 saturated carbocycles. The van der Waals surface area contributed by atoms with E-state index >= 15 is 0 Å². The van der Waals surface area contributed by atoms with E-state index in [1.165, 1.54) is 5.56 Å². The van der Waals surface area contributed by atoms with Crippen LogP contribution in [0.5, 0.6) is 0 Å². The third-order valence-corrected chi connectivity index (χ3v) is 2.35. The lowest BCUT2D eigenvalue weighted by Gasteiger charge is -2.04. The van der Waals surface area contributed by atoms with Crippen LogP contribution in [-0.2, 0) is 0 Å². The smallest absolute Gasteiger partial charge is 0.0913 e. The van der Waals surface area contributed by atoms with Gasteiger partial charge in [0.2, 0.25) is 0 Å². The van der Waals surface area contributed by atoms with Gasteiger partial charge in [0.1, 0.15) is 0 Å². The summed E-state index contributed by atoms with van der Waals surface area (Å²) >= 11 is 0. The fourth-order valence-electron chi connectivity index (χ4n) is 1.48. The minimum Gasteiger partial charge on any atom is -0.360 e. The molecule has 0 fully saturated rings. The Morgan fingerprint density at radius 1 is 1.62 bits per heavy atom. The molecule has 2 heterocycles. The molecule has 0 saturated heterocycles. The van der Waals surface area contributed by atoms with Gasteiger partial charge in [-0.2, -0.15) is 0 Å². The van der Waals surface area contributed by atoms with Crippen LogP contribution in [0.3, 0.4) is 0 Å². The molecule has 2 aromatic heterocycles. The maximum Gasteiger partial charge on any atom is 0.0913 e. The van der Waals surface area contributed by atoms with Crippen LogP contribution >= 0.6 is 0 Å². The Hall–Kier alpha value is -1.35. The monoisotopic (exact) mass is 175 g/mol. The number of pyridine rings is 1. The second kappa shape index (κ2) is 3.18. The van der Waals surface area contributed by atoms with Crippen molar-refractivity contribution >= 4 is 11.0 Å². The second-order valence-electron chi connectivity index (χ2n) is 3.28. The number of rotatable bonds is 2. The fourth-order valence-corrected chi connectivity index (χ4v) is 1.48. The Balaban J connectivity index is 2.57. The molecule has 0 spiro atoms. The van der Waals surface area contributed by atoms with Crippen molar-refractivity contribution in [2.24, 2.45) is 5.73 Å². The molecule has 0 amide bonds. The van der Waals surface area contributed by atoms with E-state index in [9.17, 15) is 0 Å². The number of hydrogen-bond acceptors (Lipinski definition) is 2. The predicted molar refractivity (Wildman–Crippen MR) is 53.6 cm³/mol. The van der Waals surface area contributed by atoms with Crippen LogP contribution in [0.2, 0.25) is 0 Å². The van der Waals surface area contributed by atoms with E-state index in [1.807, 2.05) is 24.5 Å². The first-order chi connectivity index (χ1) is 6.33. The normalized spacial score (nSPS) is 13.4. The van der Waals surface area contributed by atoms with Gasteiger partial charge in [0.15, 0.2) is 0 Å². The summed E-state index contributed by atoms with van der Waals surface area (Å²) in [6.07, 6.45) is 3.80. The van der Waals surface area contributed by atoms with Crippen molar-refractivity contribution < 1.29 is 0 Å². The number of aromatic amines is 1. The zero-order valence-corrected chi connectivity index (χ0v) is 7.62. The lowest BCUT2D eigenvalue weighted by atomic mass is 10.0. The summed E-state index contributed by atoms with van der Waals surface area (Å²) in [5.41, 5.74) is 8.94. The van der Waals surface area contributed by atoms with Gasteiger partial charge in [-0.05, 0) is 30.2 Å². The molecule has 0 aliphatic rings.